The minimum Gasteiger partial charge on any atom is -0.399 e. The van der Waals surface area contributed by atoms with Crippen molar-refractivity contribution >= 4 is 25.2 Å². The summed E-state index contributed by atoms with van der Waals surface area (Å²) in [6.45, 7) is 25.4. The normalized spacial score (nSPS) is 22.5. The van der Waals surface area contributed by atoms with Gasteiger partial charge in [0, 0.05) is 0 Å². The van der Waals surface area contributed by atoms with Gasteiger partial charge >= 0.3 is 14.2 Å². The van der Waals surface area contributed by atoms with Crippen LogP contribution in [0.25, 0.3) is 11.1 Å². The molecule has 0 bridgehead atoms. The van der Waals surface area contributed by atoms with Crippen LogP contribution in [-0.2, 0) is 18.6 Å². The lowest BCUT2D eigenvalue weighted by Gasteiger charge is -2.32. The quantitative estimate of drug-likeness (QED) is 0.589. The first kappa shape index (κ1) is 25.5. The van der Waals surface area contributed by atoms with Gasteiger partial charge in [0.1, 0.15) is 0 Å². The standard InChI is InChI=1S/C28H40B2O4/c1-17-15-23(29-31-25(5,6)26(7,8)32-29)19(3)13-21(17)22-14-20(4)24(16-18(22)2)30-33-27(9,10)28(11,12)34-30/h13-16H,1-12H3. The van der Waals surface area contributed by atoms with E-state index in [-0.39, 0.29) is 36.6 Å². The molecule has 2 aromatic carbocycles. The third-order valence-electron chi connectivity index (χ3n) is 8.53. The van der Waals surface area contributed by atoms with Crippen molar-refractivity contribution in [3.05, 3.63) is 46.5 Å². The Balaban J connectivity index is 1.68. The fraction of sp³-hybridized carbons (Fsp3) is 0.571. The molecule has 0 saturated carbocycles. The van der Waals surface area contributed by atoms with Gasteiger partial charge in [0.2, 0.25) is 0 Å². The summed E-state index contributed by atoms with van der Waals surface area (Å²) in [5, 5.41) is 0. The maximum atomic E-state index is 6.33. The van der Waals surface area contributed by atoms with Gasteiger partial charge in [-0.1, -0.05) is 35.4 Å². The van der Waals surface area contributed by atoms with Crippen LogP contribution in [0.1, 0.15) is 77.6 Å². The zero-order chi connectivity index (χ0) is 25.4. The monoisotopic (exact) mass is 462 g/mol. The van der Waals surface area contributed by atoms with E-state index in [1.54, 1.807) is 0 Å². The second-order valence-electron chi connectivity index (χ2n) is 12.2. The Hall–Kier alpha value is -1.59. The van der Waals surface area contributed by atoms with Gasteiger partial charge in [0.15, 0.2) is 0 Å². The van der Waals surface area contributed by atoms with E-state index in [9.17, 15) is 0 Å². The van der Waals surface area contributed by atoms with Gasteiger partial charge < -0.3 is 18.6 Å². The summed E-state index contributed by atoms with van der Waals surface area (Å²) in [6, 6.07) is 8.99. The van der Waals surface area contributed by atoms with Crippen LogP contribution >= 0.6 is 0 Å². The molecule has 2 fully saturated rings. The van der Waals surface area contributed by atoms with E-state index in [0.717, 1.165) is 10.9 Å². The lowest BCUT2D eigenvalue weighted by molar-refractivity contribution is 0.00578. The fourth-order valence-electron chi connectivity index (χ4n) is 4.71. The predicted molar refractivity (Wildman–Crippen MR) is 142 cm³/mol. The Morgan fingerprint density at radius 3 is 0.971 bits per heavy atom. The molecule has 0 aliphatic carbocycles. The lowest BCUT2D eigenvalue weighted by Crippen LogP contribution is -2.41. The van der Waals surface area contributed by atoms with Crippen molar-refractivity contribution in [2.45, 2.75) is 105 Å². The van der Waals surface area contributed by atoms with Crippen LogP contribution in [0.3, 0.4) is 0 Å². The minimum absolute atomic E-state index is 0.353. The molecular formula is C28H40B2O4. The van der Waals surface area contributed by atoms with E-state index in [1.807, 2.05) is 0 Å². The van der Waals surface area contributed by atoms with Crippen LogP contribution in [0.5, 0.6) is 0 Å². The van der Waals surface area contributed by atoms with E-state index in [1.165, 1.54) is 33.4 Å². The summed E-state index contributed by atoms with van der Waals surface area (Å²) in [5.74, 6) is 0. The van der Waals surface area contributed by atoms with Crippen molar-refractivity contribution in [3.8, 4) is 11.1 Å². The number of hydrogen-bond acceptors (Lipinski definition) is 4. The molecule has 6 heteroatoms. The molecule has 2 heterocycles. The van der Waals surface area contributed by atoms with Gasteiger partial charge in [-0.05, 0) is 116 Å². The highest BCUT2D eigenvalue weighted by Gasteiger charge is 2.53. The third kappa shape index (κ3) is 4.07. The summed E-state index contributed by atoms with van der Waals surface area (Å²) >= 11 is 0. The molecule has 0 N–H and O–H groups in total. The van der Waals surface area contributed by atoms with Crippen LogP contribution < -0.4 is 10.9 Å². The Labute approximate surface area is 207 Å². The maximum absolute atomic E-state index is 6.33. The topological polar surface area (TPSA) is 36.9 Å². The zero-order valence-corrected chi connectivity index (χ0v) is 23.1. The van der Waals surface area contributed by atoms with Crippen LogP contribution in [0.4, 0.5) is 0 Å². The van der Waals surface area contributed by atoms with E-state index in [0.29, 0.717) is 0 Å². The first-order chi connectivity index (χ1) is 15.5. The highest BCUT2D eigenvalue weighted by atomic mass is 16.7. The molecular weight excluding hydrogens is 422 g/mol. The SMILES string of the molecule is Cc1cc(-c2cc(C)c(B3OC(C)(C)C(C)(C)O3)cc2C)c(C)cc1B1OC(C)(C)C(C)(C)O1. The predicted octanol–water partition coefficient (Wildman–Crippen LogP) is 5.19. The third-order valence-corrected chi connectivity index (χ3v) is 8.53. The molecule has 34 heavy (non-hydrogen) atoms. The van der Waals surface area contributed by atoms with Gasteiger partial charge in [-0.3, -0.25) is 0 Å². The number of benzene rings is 2. The molecule has 0 aromatic heterocycles. The average Bonchev–Trinajstić information content (AvgIpc) is 3.04. The van der Waals surface area contributed by atoms with Gasteiger partial charge in [0.25, 0.3) is 0 Å². The highest BCUT2D eigenvalue weighted by Crippen LogP contribution is 2.39. The van der Waals surface area contributed by atoms with Gasteiger partial charge in [0.05, 0.1) is 22.4 Å². The molecule has 0 unspecified atom stereocenters. The highest BCUT2D eigenvalue weighted by molar-refractivity contribution is 6.63. The summed E-state index contributed by atoms with van der Waals surface area (Å²) in [7, 11) is -0.710. The smallest absolute Gasteiger partial charge is 0.399 e. The maximum Gasteiger partial charge on any atom is 0.495 e. The molecule has 2 aromatic rings. The average molecular weight is 462 g/mol. The second-order valence-corrected chi connectivity index (χ2v) is 12.2. The van der Waals surface area contributed by atoms with Crippen molar-refractivity contribution < 1.29 is 18.6 Å². The van der Waals surface area contributed by atoms with Crippen LogP contribution in [0, 0.1) is 27.7 Å². The van der Waals surface area contributed by atoms with Gasteiger partial charge in [-0.2, -0.15) is 0 Å². The van der Waals surface area contributed by atoms with Crippen molar-refractivity contribution in [1.82, 2.24) is 0 Å². The van der Waals surface area contributed by atoms with Crippen LogP contribution in [0.2, 0.25) is 0 Å². The molecule has 2 aliphatic heterocycles. The number of aryl methyl sites for hydroxylation is 4. The van der Waals surface area contributed by atoms with Crippen molar-refractivity contribution in [3.63, 3.8) is 0 Å². The summed E-state index contributed by atoms with van der Waals surface area (Å²) in [6.07, 6.45) is 0. The van der Waals surface area contributed by atoms with E-state index < -0.39 is 0 Å². The van der Waals surface area contributed by atoms with Crippen LogP contribution in [0.15, 0.2) is 24.3 Å². The van der Waals surface area contributed by atoms with Crippen LogP contribution in [-0.4, -0.2) is 36.6 Å². The molecule has 0 spiro atoms. The Kier molecular flexibility index (Phi) is 5.97. The molecule has 0 amide bonds. The van der Waals surface area contributed by atoms with Crippen molar-refractivity contribution in [2.75, 3.05) is 0 Å². The second kappa shape index (κ2) is 7.96. The largest absolute Gasteiger partial charge is 0.495 e. The van der Waals surface area contributed by atoms with E-state index in [2.05, 4.69) is 107 Å². The zero-order valence-electron chi connectivity index (χ0n) is 23.1. The first-order valence-corrected chi connectivity index (χ1v) is 12.4. The molecule has 0 radical (unpaired) electrons. The summed E-state index contributed by atoms with van der Waals surface area (Å²) < 4.78 is 25.3. The Bertz CT molecular complexity index is 1010. The van der Waals surface area contributed by atoms with Crippen molar-refractivity contribution in [1.29, 1.82) is 0 Å². The van der Waals surface area contributed by atoms with Gasteiger partial charge in [-0.25, -0.2) is 0 Å². The summed E-state index contributed by atoms with van der Waals surface area (Å²) in [4.78, 5) is 0. The summed E-state index contributed by atoms with van der Waals surface area (Å²) in [5.41, 5.74) is 8.02. The molecule has 2 saturated heterocycles. The fourth-order valence-corrected chi connectivity index (χ4v) is 4.71. The first-order valence-electron chi connectivity index (χ1n) is 12.4. The van der Waals surface area contributed by atoms with E-state index >= 15 is 0 Å². The van der Waals surface area contributed by atoms with Crippen molar-refractivity contribution in [2.24, 2.45) is 0 Å². The molecule has 182 valence electrons. The molecule has 4 nitrogen and oxygen atoms in total. The van der Waals surface area contributed by atoms with E-state index in [4.69, 9.17) is 18.6 Å². The Morgan fingerprint density at radius 1 is 0.441 bits per heavy atom. The molecule has 0 atom stereocenters. The lowest BCUT2D eigenvalue weighted by atomic mass is 9.72. The molecule has 2 aliphatic rings. The Morgan fingerprint density at radius 2 is 0.706 bits per heavy atom. The number of rotatable bonds is 3. The minimum atomic E-state index is -0.355. The molecule has 4 rings (SSSR count). The number of hydrogen-bond donors (Lipinski definition) is 0. The van der Waals surface area contributed by atoms with Gasteiger partial charge in [-0.15, -0.1) is 0 Å².